The van der Waals surface area contributed by atoms with Crippen LogP contribution in [-0.2, 0) is 6.42 Å². The molecule has 0 aliphatic heterocycles. The van der Waals surface area contributed by atoms with Gasteiger partial charge in [0, 0.05) is 5.56 Å². The molecule has 0 fully saturated rings. The van der Waals surface area contributed by atoms with E-state index in [1.54, 1.807) is 6.21 Å². The molecule has 1 aromatic carbocycles. The number of aryl methyl sites for hydroxylation is 1. The van der Waals surface area contributed by atoms with Gasteiger partial charge in [-0.05, 0) is 25.0 Å². The predicted molar refractivity (Wildman–Crippen MR) is 93.2 cm³/mol. The fourth-order valence-electron chi connectivity index (χ4n) is 1.93. The third kappa shape index (κ3) is 4.53. The molecule has 0 spiro atoms. The lowest BCUT2D eigenvalue weighted by atomic mass is 10.2. The molecule has 3 N–H and O–H groups in total. The van der Waals surface area contributed by atoms with Crippen LogP contribution in [0.1, 0.15) is 41.2 Å². The van der Waals surface area contributed by atoms with Crippen molar-refractivity contribution in [3.8, 4) is 5.75 Å². The molecule has 0 radical (unpaired) electrons. The van der Waals surface area contributed by atoms with E-state index in [4.69, 9.17) is 10.5 Å². The zero-order valence-corrected chi connectivity index (χ0v) is 14.0. The van der Waals surface area contributed by atoms with Gasteiger partial charge in [-0.1, -0.05) is 37.3 Å². The van der Waals surface area contributed by atoms with Crippen molar-refractivity contribution < 1.29 is 9.53 Å². The maximum absolute atomic E-state index is 12.1. The van der Waals surface area contributed by atoms with Gasteiger partial charge in [-0.25, -0.2) is 10.4 Å². The minimum absolute atomic E-state index is 0.306. The molecule has 6 nitrogen and oxygen atoms in total. The molecular weight excluding hydrogens is 312 g/mol. The highest BCUT2D eigenvalue weighted by molar-refractivity contribution is 7.17. The van der Waals surface area contributed by atoms with E-state index in [1.165, 1.54) is 0 Å². The highest BCUT2D eigenvalue weighted by Crippen LogP contribution is 2.21. The molecule has 0 unspecified atom stereocenters. The number of thiazole rings is 1. The summed E-state index contributed by atoms with van der Waals surface area (Å²) >= 11 is 1.16. The van der Waals surface area contributed by atoms with Gasteiger partial charge in [-0.15, -0.1) is 0 Å². The standard InChI is InChI=1S/C16H20N4O2S/c1-3-9-22-13-8-6-5-7-11(13)10-18-20-15(21)14-12(4-2)19-16(17)23-14/h5-8,10H,3-4,9H2,1-2H3,(H2,17,19)(H,20,21). The molecule has 2 rings (SSSR count). The summed E-state index contributed by atoms with van der Waals surface area (Å²) in [7, 11) is 0. The van der Waals surface area contributed by atoms with Crippen LogP contribution in [0.4, 0.5) is 5.13 Å². The van der Waals surface area contributed by atoms with Crippen molar-refractivity contribution in [1.82, 2.24) is 10.4 Å². The fraction of sp³-hybridized carbons (Fsp3) is 0.312. The molecule has 0 saturated carbocycles. The van der Waals surface area contributed by atoms with Crippen LogP contribution in [0.15, 0.2) is 29.4 Å². The van der Waals surface area contributed by atoms with Crippen LogP contribution < -0.4 is 15.9 Å². The highest BCUT2D eigenvalue weighted by atomic mass is 32.1. The normalized spacial score (nSPS) is 10.9. The summed E-state index contributed by atoms with van der Waals surface area (Å²) in [5.74, 6) is 0.433. The topological polar surface area (TPSA) is 89.6 Å². The fourth-order valence-corrected chi connectivity index (χ4v) is 2.74. The van der Waals surface area contributed by atoms with Gasteiger partial charge in [0.25, 0.3) is 5.91 Å². The van der Waals surface area contributed by atoms with Crippen LogP contribution in [0, 0.1) is 0 Å². The molecule has 0 aliphatic carbocycles. The summed E-state index contributed by atoms with van der Waals surface area (Å²) in [6.45, 7) is 4.61. The third-order valence-electron chi connectivity index (χ3n) is 3.01. The first kappa shape index (κ1) is 17.0. The van der Waals surface area contributed by atoms with Gasteiger partial charge in [0.05, 0.1) is 18.5 Å². The number of aromatic nitrogens is 1. The van der Waals surface area contributed by atoms with Crippen molar-refractivity contribution in [2.45, 2.75) is 26.7 Å². The van der Waals surface area contributed by atoms with Crippen molar-refractivity contribution in [2.75, 3.05) is 12.3 Å². The number of benzene rings is 1. The minimum Gasteiger partial charge on any atom is -0.493 e. The van der Waals surface area contributed by atoms with Crippen molar-refractivity contribution >= 4 is 28.6 Å². The van der Waals surface area contributed by atoms with Gasteiger partial charge in [-0.3, -0.25) is 4.79 Å². The van der Waals surface area contributed by atoms with E-state index < -0.39 is 0 Å². The van der Waals surface area contributed by atoms with Crippen LogP contribution in [0.3, 0.4) is 0 Å². The number of nitrogens with one attached hydrogen (secondary N) is 1. The number of para-hydroxylation sites is 1. The average molecular weight is 332 g/mol. The molecule has 0 bridgehead atoms. The summed E-state index contributed by atoms with van der Waals surface area (Å²) in [5.41, 5.74) is 9.65. The number of nitrogens with zero attached hydrogens (tertiary/aromatic N) is 2. The molecule has 1 heterocycles. The lowest BCUT2D eigenvalue weighted by molar-refractivity contribution is 0.0958. The van der Waals surface area contributed by atoms with Gasteiger partial charge in [0.15, 0.2) is 5.13 Å². The number of carbonyl (C=O) groups is 1. The zero-order valence-electron chi connectivity index (χ0n) is 13.2. The number of anilines is 1. The lowest BCUT2D eigenvalue weighted by Crippen LogP contribution is -2.17. The second-order valence-corrected chi connectivity index (χ2v) is 5.80. The second-order valence-electron chi connectivity index (χ2n) is 4.77. The van der Waals surface area contributed by atoms with Crippen molar-refractivity contribution in [1.29, 1.82) is 0 Å². The maximum atomic E-state index is 12.1. The molecule has 0 aliphatic rings. The van der Waals surface area contributed by atoms with E-state index in [9.17, 15) is 4.79 Å². The summed E-state index contributed by atoms with van der Waals surface area (Å²) in [6.07, 6.45) is 3.14. The third-order valence-corrected chi connectivity index (χ3v) is 3.93. The Balaban J connectivity index is 2.05. The number of rotatable bonds is 7. The van der Waals surface area contributed by atoms with Gasteiger partial charge in [0.1, 0.15) is 10.6 Å². The van der Waals surface area contributed by atoms with E-state index >= 15 is 0 Å². The molecule has 1 aromatic heterocycles. The molecule has 122 valence electrons. The van der Waals surface area contributed by atoms with Crippen LogP contribution >= 0.6 is 11.3 Å². The van der Waals surface area contributed by atoms with Gasteiger partial charge in [0.2, 0.25) is 0 Å². The molecule has 23 heavy (non-hydrogen) atoms. The zero-order chi connectivity index (χ0) is 16.7. The summed E-state index contributed by atoms with van der Waals surface area (Å²) in [5, 5.41) is 4.39. The first-order valence-corrected chi connectivity index (χ1v) is 8.27. The first-order chi connectivity index (χ1) is 11.2. The van der Waals surface area contributed by atoms with Crippen molar-refractivity contribution in [3.63, 3.8) is 0 Å². The maximum Gasteiger partial charge on any atom is 0.283 e. The molecule has 0 saturated heterocycles. The largest absolute Gasteiger partial charge is 0.493 e. The van der Waals surface area contributed by atoms with E-state index in [0.717, 1.165) is 29.1 Å². The molecule has 2 aromatic rings. The Morgan fingerprint density at radius 1 is 1.43 bits per heavy atom. The number of hydrogen-bond donors (Lipinski definition) is 2. The summed E-state index contributed by atoms with van der Waals surface area (Å²) in [6, 6.07) is 7.54. The number of nitrogens with two attached hydrogens (primary N) is 1. The monoisotopic (exact) mass is 332 g/mol. The summed E-state index contributed by atoms with van der Waals surface area (Å²) < 4.78 is 5.64. The molecular formula is C16H20N4O2S. The van der Waals surface area contributed by atoms with Gasteiger partial charge in [-0.2, -0.15) is 5.10 Å². The van der Waals surface area contributed by atoms with Crippen molar-refractivity contribution in [2.24, 2.45) is 5.10 Å². The van der Waals surface area contributed by atoms with Gasteiger partial charge < -0.3 is 10.5 Å². The van der Waals surface area contributed by atoms with E-state index in [1.807, 2.05) is 38.1 Å². The van der Waals surface area contributed by atoms with Crippen LogP contribution in [0.25, 0.3) is 0 Å². The number of hydrazone groups is 1. The second kappa shape index (κ2) is 8.28. The Labute approximate surface area is 139 Å². The van der Waals surface area contributed by atoms with E-state index in [-0.39, 0.29) is 5.91 Å². The smallest absolute Gasteiger partial charge is 0.283 e. The Kier molecular flexibility index (Phi) is 6.10. The Bertz CT molecular complexity index is 697. The van der Waals surface area contributed by atoms with Crippen molar-refractivity contribution in [3.05, 3.63) is 40.4 Å². The quantitative estimate of drug-likeness (QED) is 0.602. The number of ether oxygens (including phenoxy) is 1. The Morgan fingerprint density at radius 3 is 2.96 bits per heavy atom. The van der Waals surface area contributed by atoms with Crippen LogP contribution in [0.5, 0.6) is 5.75 Å². The van der Waals surface area contributed by atoms with E-state index in [2.05, 4.69) is 15.5 Å². The number of hydrogen-bond acceptors (Lipinski definition) is 6. The minimum atomic E-state index is -0.306. The molecule has 1 amide bonds. The molecule has 0 atom stereocenters. The van der Waals surface area contributed by atoms with Crippen LogP contribution in [0.2, 0.25) is 0 Å². The SMILES string of the molecule is CCCOc1ccccc1C=NNC(=O)c1sc(N)nc1CC. The first-order valence-electron chi connectivity index (χ1n) is 7.46. The number of nitrogen functional groups attached to an aromatic ring is 1. The Hall–Kier alpha value is -2.41. The number of amides is 1. The lowest BCUT2D eigenvalue weighted by Gasteiger charge is -2.07. The Morgan fingerprint density at radius 2 is 2.22 bits per heavy atom. The average Bonchev–Trinajstić information content (AvgIpc) is 2.95. The van der Waals surface area contributed by atoms with Gasteiger partial charge >= 0.3 is 0 Å². The van der Waals surface area contributed by atoms with Crippen LogP contribution in [-0.4, -0.2) is 23.7 Å². The number of carbonyl (C=O) groups excluding carboxylic acids is 1. The summed E-state index contributed by atoms with van der Waals surface area (Å²) in [4.78, 5) is 16.8. The van der Waals surface area contributed by atoms with E-state index in [0.29, 0.717) is 28.7 Å². The predicted octanol–water partition coefficient (Wildman–Crippen LogP) is 2.84. The molecule has 7 heteroatoms. The highest BCUT2D eigenvalue weighted by Gasteiger charge is 2.15.